The van der Waals surface area contributed by atoms with Gasteiger partial charge >= 0.3 is 7.60 Å². The van der Waals surface area contributed by atoms with Crippen molar-refractivity contribution < 1.29 is 13.6 Å². The third-order valence-electron chi connectivity index (χ3n) is 2.61. The van der Waals surface area contributed by atoms with Crippen LogP contribution in [0.4, 0.5) is 0 Å². The van der Waals surface area contributed by atoms with Gasteiger partial charge in [-0.2, -0.15) is 0 Å². The van der Waals surface area contributed by atoms with E-state index in [-0.39, 0.29) is 5.30 Å². The zero-order chi connectivity index (χ0) is 14.0. The van der Waals surface area contributed by atoms with E-state index in [1.807, 2.05) is 0 Å². The van der Waals surface area contributed by atoms with Crippen LogP contribution < -0.4 is 10.9 Å². The van der Waals surface area contributed by atoms with Crippen molar-refractivity contribution in [2.45, 2.75) is 0 Å². The van der Waals surface area contributed by atoms with Gasteiger partial charge in [0.05, 0.1) is 5.69 Å². The van der Waals surface area contributed by atoms with Gasteiger partial charge in [0.25, 0.3) is 5.56 Å². The van der Waals surface area contributed by atoms with Gasteiger partial charge in [-0.3, -0.25) is 14.5 Å². The van der Waals surface area contributed by atoms with Crippen molar-refractivity contribution in [3.05, 3.63) is 45.8 Å². The van der Waals surface area contributed by atoms with Gasteiger partial charge in [-0.15, -0.1) is 0 Å². The first-order valence-corrected chi connectivity index (χ1v) is 7.22. The zero-order valence-corrected chi connectivity index (χ0v) is 11.9. The molecule has 19 heavy (non-hydrogen) atoms. The minimum Gasteiger partial charge on any atom is -0.308 e. The molecule has 8 heteroatoms. The number of nitrogens with zero attached hydrogens (tertiary/aromatic N) is 1. The second kappa shape index (κ2) is 5.35. The van der Waals surface area contributed by atoms with Crippen molar-refractivity contribution in [2.75, 3.05) is 14.2 Å². The van der Waals surface area contributed by atoms with Crippen LogP contribution >= 0.6 is 19.2 Å². The maximum Gasteiger partial charge on any atom is 0.368 e. The van der Waals surface area contributed by atoms with Crippen molar-refractivity contribution in [1.29, 1.82) is 0 Å². The van der Waals surface area contributed by atoms with Crippen LogP contribution in [0.15, 0.2) is 35.3 Å². The third kappa shape index (κ3) is 2.53. The molecule has 0 radical (unpaired) electrons. The Bertz CT molecular complexity index is 669. The molecular weight excluding hydrogens is 291 g/mol. The van der Waals surface area contributed by atoms with Crippen LogP contribution in [-0.4, -0.2) is 24.0 Å². The Hall–Kier alpha value is -1.33. The highest BCUT2D eigenvalue weighted by molar-refractivity contribution is 7.62. The molecule has 0 aliphatic heterocycles. The van der Waals surface area contributed by atoms with Gasteiger partial charge in [0.2, 0.25) is 0 Å². The molecule has 0 aliphatic rings. The summed E-state index contributed by atoms with van der Waals surface area (Å²) in [5.41, 5.74) is 0.0776. The van der Waals surface area contributed by atoms with Gasteiger partial charge in [0.1, 0.15) is 5.30 Å². The topological polar surface area (TPSA) is 73.3 Å². The number of aromatic nitrogens is 2. The van der Waals surface area contributed by atoms with Crippen molar-refractivity contribution in [2.24, 2.45) is 0 Å². The molecule has 1 aromatic heterocycles. The van der Waals surface area contributed by atoms with Crippen molar-refractivity contribution in [3.8, 4) is 5.69 Å². The zero-order valence-electron chi connectivity index (χ0n) is 10.3. The van der Waals surface area contributed by atoms with Gasteiger partial charge in [-0.1, -0.05) is 11.6 Å². The average Bonchev–Trinajstić information content (AvgIpc) is 2.81. The summed E-state index contributed by atoms with van der Waals surface area (Å²) in [6.07, 6.45) is 1.31. The fourth-order valence-corrected chi connectivity index (χ4v) is 2.83. The normalized spacial score (nSPS) is 11.7. The Balaban J connectivity index is 2.53. The smallest absolute Gasteiger partial charge is 0.308 e. The summed E-state index contributed by atoms with van der Waals surface area (Å²) in [6.45, 7) is 0. The number of halogens is 1. The molecule has 0 atom stereocenters. The number of hydrogen-bond acceptors (Lipinski definition) is 4. The van der Waals surface area contributed by atoms with E-state index in [2.05, 4.69) is 5.10 Å². The van der Waals surface area contributed by atoms with Gasteiger partial charge < -0.3 is 9.05 Å². The minimum atomic E-state index is -3.57. The van der Waals surface area contributed by atoms with Gasteiger partial charge in [-0.25, -0.2) is 4.68 Å². The first-order chi connectivity index (χ1) is 9.01. The highest BCUT2D eigenvalue weighted by Gasteiger charge is 2.30. The molecular formula is C11H12ClN2O4P. The summed E-state index contributed by atoms with van der Waals surface area (Å²) >= 11 is 5.78. The van der Waals surface area contributed by atoms with E-state index in [0.717, 1.165) is 0 Å². The molecule has 2 rings (SSSR count). The lowest BCUT2D eigenvalue weighted by Crippen LogP contribution is -2.28. The monoisotopic (exact) mass is 302 g/mol. The quantitative estimate of drug-likeness (QED) is 0.876. The maximum atomic E-state index is 12.2. The molecule has 0 fully saturated rings. The van der Waals surface area contributed by atoms with Crippen molar-refractivity contribution in [3.63, 3.8) is 0 Å². The van der Waals surface area contributed by atoms with Crippen LogP contribution in [0, 0.1) is 0 Å². The molecule has 2 aromatic rings. The molecule has 0 spiro atoms. The van der Waals surface area contributed by atoms with E-state index in [1.165, 1.54) is 25.1 Å². The first-order valence-electron chi connectivity index (χ1n) is 5.30. The second-order valence-corrected chi connectivity index (χ2v) is 6.28. The van der Waals surface area contributed by atoms with Gasteiger partial charge in [0, 0.05) is 25.4 Å². The SMILES string of the molecule is COP(=O)(OC)c1c[nH]n(-c2ccc(Cl)cc2)c1=O. The van der Waals surface area contributed by atoms with E-state index in [4.69, 9.17) is 20.6 Å². The maximum absolute atomic E-state index is 12.2. The van der Waals surface area contributed by atoms with Crippen LogP contribution in [0.2, 0.25) is 5.02 Å². The lowest BCUT2D eigenvalue weighted by molar-refractivity contribution is 0.287. The third-order valence-corrected chi connectivity index (χ3v) is 4.74. The molecule has 102 valence electrons. The predicted molar refractivity (Wildman–Crippen MR) is 72.7 cm³/mol. The summed E-state index contributed by atoms with van der Waals surface area (Å²) in [5.74, 6) is 0. The number of benzene rings is 1. The summed E-state index contributed by atoms with van der Waals surface area (Å²) in [5, 5.41) is 3.22. The molecule has 0 aliphatic carbocycles. The number of H-pyrrole nitrogens is 1. The average molecular weight is 303 g/mol. The van der Waals surface area contributed by atoms with E-state index >= 15 is 0 Å². The highest BCUT2D eigenvalue weighted by atomic mass is 35.5. The molecule has 0 unspecified atom stereocenters. The fourth-order valence-electron chi connectivity index (χ4n) is 1.61. The Morgan fingerprint density at radius 3 is 2.32 bits per heavy atom. The first kappa shape index (κ1) is 14.1. The Labute approximate surface area is 114 Å². The molecule has 0 saturated heterocycles. The van der Waals surface area contributed by atoms with E-state index in [9.17, 15) is 9.36 Å². The minimum absolute atomic E-state index is 0.0487. The van der Waals surface area contributed by atoms with Crippen LogP contribution in [0.1, 0.15) is 0 Å². The molecule has 1 N–H and O–H groups in total. The van der Waals surface area contributed by atoms with Crippen LogP contribution in [0.3, 0.4) is 0 Å². The van der Waals surface area contributed by atoms with Crippen LogP contribution in [0.25, 0.3) is 5.69 Å². The van der Waals surface area contributed by atoms with Crippen molar-refractivity contribution >= 4 is 24.5 Å². The van der Waals surface area contributed by atoms with E-state index < -0.39 is 13.2 Å². The standard InChI is InChI=1S/C11H12ClN2O4P/c1-17-19(16,18-2)10-7-13-14(11(10)15)9-5-3-8(12)4-6-9/h3-7,13H,1-2H3. The lowest BCUT2D eigenvalue weighted by atomic mass is 10.3. The van der Waals surface area contributed by atoms with Crippen LogP contribution in [0.5, 0.6) is 0 Å². The predicted octanol–water partition coefficient (Wildman–Crippen LogP) is 1.93. The molecule has 1 heterocycles. The van der Waals surface area contributed by atoms with E-state index in [0.29, 0.717) is 10.7 Å². The largest absolute Gasteiger partial charge is 0.368 e. The fraction of sp³-hybridized carbons (Fsp3) is 0.182. The Morgan fingerprint density at radius 2 is 1.79 bits per heavy atom. The van der Waals surface area contributed by atoms with Crippen LogP contribution in [-0.2, 0) is 13.6 Å². The summed E-state index contributed by atoms with van der Waals surface area (Å²) in [6, 6.07) is 6.62. The van der Waals surface area contributed by atoms with Crippen molar-refractivity contribution in [1.82, 2.24) is 9.78 Å². The summed E-state index contributed by atoms with van der Waals surface area (Å²) in [7, 11) is -1.12. The molecule has 1 aromatic carbocycles. The van der Waals surface area contributed by atoms with E-state index in [1.54, 1.807) is 24.3 Å². The van der Waals surface area contributed by atoms with Gasteiger partial charge in [0.15, 0.2) is 0 Å². The molecule has 0 saturated carbocycles. The number of aromatic amines is 1. The molecule has 0 bridgehead atoms. The lowest BCUT2D eigenvalue weighted by Gasteiger charge is -2.09. The highest BCUT2D eigenvalue weighted by Crippen LogP contribution is 2.43. The molecule has 6 nitrogen and oxygen atoms in total. The van der Waals surface area contributed by atoms with Gasteiger partial charge in [-0.05, 0) is 24.3 Å². The summed E-state index contributed by atoms with van der Waals surface area (Å²) in [4.78, 5) is 12.2. The number of hydrogen-bond donors (Lipinski definition) is 1. The molecule has 0 amide bonds. The summed E-state index contributed by atoms with van der Waals surface area (Å²) < 4.78 is 23.0. The number of rotatable bonds is 4. The Kier molecular flexibility index (Phi) is 3.96. The second-order valence-electron chi connectivity index (χ2n) is 3.64. The Morgan fingerprint density at radius 1 is 1.21 bits per heavy atom. The number of nitrogens with one attached hydrogen (secondary N) is 1.